The van der Waals surface area contributed by atoms with E-state index in [1.165, 1.54) is 17.5 Å². The Labute approximate surface area is 393 Å². The minimum Gasteiger partial charge on any atom is -0.208 e. The molecule has 1 aliphatic carbocycles. The van der Waals surface area contributed by atoms with Crippen molar-refractivity contribution in [3.63, 3.8) is 0 Å². The molecule has 67 heavy (non-hydrogen) atoms. The molecular weight excluding hydrogens is 817 g/mol. The minimum absolute atomic E-state index is 0.143. The molecule has 0 amide bonds. The molecule has 324 valence electrons. The first kappa shape index (κ1) is 42.7. The second-order valence-electron chi connectivity index (χ2n) is 17.0. The van der Waals surface area contributed by atoms with E-state index in [1.807, 2.05) is 79.7 Å². The van der Waals surface area contributed by atoms with E-state index in [0.717, 1.165) is 81.3 Å². The fourth-order valence-electron chi connectivity index (χ4n) is 9.34. The number of allylic oxidation sites excluding steroid dienone is 5. The first-order chi connectivity index (χ1) is 33.1. The molecule has 0 N–H and O–H groups in total. The van der Waals surface area contributed by atoms with Gasteiger partial charge in [-0.3, -0.25) is 0 Å². The van der Waals surface area contributed by atoms with E-state index in [0.29, 0.717) is 34.9 Å². The van der Waals surface area contributed by atoms with E-state index >= 15 is 0 Å². The Morgan fingerprint density at radius 2 is 0.791 bits per heavy atom. The maximum atomic E-state index is 5.12. The van der Waals surface area contributed by atoms with Crippen molar-refractivity contribution >= 4 is 5.57 Å². The SMILES string of the molecule is C=C/C=C(\C=C/C)c1cccc(-c2nc(-c3ccccc3)nc(-c3ccc(C4(c5ccc(-c6nc(-c7ccccc7)nc(-c7cccc(-c8ccccc8)c7)n6)cc5)CCCCC4)cc3)n2)c1. The van der Waals surface area contributed by atoms with Crippen LogP contribution >= 0.6 is 0 Å². The first-order valence-electron chi connectivity index (χ1n) is 23.1. The van der Waals surface area contributed by atoms with Crippen molar-refractivity contribution in [1.29, 1.82) is 0 Å². The van der Waals surface area contributed by atoms with Crippen molar-refractivity contribution in [2.75, 3.05) is 0 Å². The van der Waals surface area contributed by atoms with Gasteiger partial charge in [0.2, 0.25) is 0 Å². The molecule has 0 atom stereocenters. The van der Waals surface area contributed by atoms with Gasteiger partial charge in [0.1, 0.15) is 0 Å². The van der Waals surface area contributed by atoms with Crippen LogP contribution in [-0.4, -0.2) is 29.9 Å². The average molecular weight is 867 g/mol. The van der Waals surface area contributed by atoms with Gasteiger partial charge in [-0.2, -0.15) is 0 Å². The number of hydrogen-bond donors (Lipinski definition) is 0. The van der Waals surface area contributed by atoms with Crippen LogP contribution in [0.5, 0.6) is 0 Å². The van der Waals surface area contributed by atoms with Crippen LogP contribution in [0.2, 0.25) is 0 Å². The van der Waals surface area contributed by atoms with Gasteiger partial charge in [0, 0.05) is 38.8 Å². The molecular formula is C61H50N6. The van der Waals surface area contributed by atoms with E-state index in [1.54, 1.807) is 0 Å². The first-order valence-corrected chi connectivity index (χ1v) is 23.1. The molecule has 6 nitrogen and oxygen atoms in total. The second-order valence-corrected chi connectivity index (χ2v) is 17.0. The molecule has 7 aromatic carbocycles. The van der Waals surface area contributed by atoms with Crippen LogP contribution in [0.1, 0.15) is 55.7 Å². The number of nitrogens with zero attached hydrogens (tertiary/aromatic N) is 6. The van der Waals surface area contributed by atoms with Crippen molar-refractivity contribution in [1.82, 2.24) is 29.9 Å². The summed E-state index contributed by atoms with van der Waals surface area (Å²) in [6, 6.07) is 65.4. The molecule has 9 aromatic rings. The zero-order chi connectivity index (χ0) is 45.4. The highest BCUT2D eigenvalue weighted by atomic mass is 15.0. The molecule has 6 heteroatoms. The van der Waals surface area contributed by atoms with Crippen molar-refractivity contribution in [3.05, 3.63) is 236 Å². The molecule has 2 heterocycles. The summed E-state index contributed by atoms with van der Waals surface area (Å²) in [7, 11) is 0. The largest absolute Gasteiger partial charge is 0.208 e. The summed E-state index contributed by atoms with van der Waals surface area (Å²) < 4.78 is 0. The van der Waals surface area contributed by atoms with E-state index in [2.05, 4.69) is 146 Å². The number of hydrogen-bond acceptors (Lipinski definition) is 6. The Hall–Kier alpha value is -8.22. The summed E-state index contributed by atoms with van der Waals surface area (Å²) in [4.78, 5) is 30.4. The Kier molecular flexibility index (Phi) is 12.4. The van der Waals surface area contributed by atoms with Gasteiger partial charge in [0.15, 0.2) is 34.9 Å². The molecule has 0 bridgehead atoms. The lowest BCUT2D eigenvalue weighted by Gasteiger charge is -2.39. The third kappa shape index (κ3) is 9.20. The summed E-state index contributed by atoms with van der Waals surface area (Å²) >= 11 is 0. The Morgan fingerprint density at radius 1 is 0.403 bits per heavy atom. The lowest BCUT2D eigenvalue weighted by Crippen LogP contribution is -2.30. The van der Waals surface area contributed by atoms with Gasteiger partial charge in [-0.1, -0.05) is 226 Å². The van der Waals surface area contributed by atoms with Crippen LogP contribution in [0, 0.1) is 0 Å². The van der Waals surface area contributed by atoms with E-state index in [-0.39, 0.29) is 5.41 Å². The van der Waals surface area contributed by atoms with Crippen LogP contribution in [0.3, 0.4) is 0 Å². The third-order valence-electron chi connectivity index (χ3n) is 12.8. The maximum absolute atomic E-state index is 5.12. The predicted octanol–water partition coefficient (Wildman–Crippen LogP) is 15.1. The quantitative estimate of drug-likeness (QED) is 0.114. The topological polar surface area (TPSA) is 77.3 Å². The fraction of sp³-hybridized carbons (Fsp3) is 0.115. The summed E-state index contributed by atoms with van der Waals surface area (Å²) in [5.74, 6) is 3.83. The molecule has 0 radical (unpaired) electrons. The molecule has 0 unspecified atom stereocenters. The summed E-state index contributed by atoms with van der Waals surface area (Å²) in [6.07, 6.45) is 13.6. The van der Waals surface area contributed by atoms with Gasteiger partial charge < -0.3 is 0 Å². The Morgan fingerprint density at radius 3 is 1.25 bits per heavy atom. The lowest BCUT2D eigenvalue weighted by molar-refractivity contribution is 0.346. The summed E-state index contributed by atoms with van der Waals surface area (Å²) in [5, 5.41) is 0. The minimum atomic E-state index is -0.143. The van der Waals surface area contributed by atoms with Crippen LogP contribution in [-0.2, 0) is 5.41 Å². The molecule has 1 fully saturated rings. The van der Waals surface area contributed by atoms with Crippen LogP contribution < -0.4 is 0 Å². The van der Waals surface area contributed by atoms with E-state index in [4.69, 9.17) is 29.9 Å². The molecule has 0 spiro atoms. The van der Waals surface area contributed by atoms with Gasteiger partial charge in [-0.05, 0) is 65.3 Å². The molecule has 10 rings (SSSR count). The Bertz CT molecular complexity index is 3210. The van der Waals surface area contributed by atoms with Gasteiger partial charge in [0.05, 0.1) is 0 Å². The van der Waals surface area contributed by atoms with Gasteiger partial charge in [-0.15, -0.1) is 0 Å². The highest BCUT2D eigenvalue weighted by Gasteiger charge is 2.36. The van der Waals surface area contributed by atoms with Crippen LogP contribution in [0.4, 0.5) is 0 Å². The van der Waals surface area contributed by atoms with Crippen LogP contribution in [0.25, 0.3) is 85.0 Å². The number of benzene rings is 7. The molecule has 1 aliphatic rings. The number of rotatable bonds is 12. The molecule has 1 saturated carbocycles. The normalized spacial score (nSPS) is 13.7. The summed E-state index contributed by atoms with van der Waals surface area (Å²) in [5.41, 5.74) is 12.5. The second kappa shape index (κ2) is 19.5. The average Bonchev–Trinajstić information content (AvgIpc) is 3.41. The van der Waals surface area contributed by atoms with E-state index in [9.17, 15) is 0 Å². The molecule has 2 aromatic heterocycles. The zero-order valence-electron chi connectivity index (χ0n) is 37.6. The number of aromatic nitrogens is 6. The van der Waals surface area contributed by atoms with Gasteiger partial charge in [0.25, 0.3) is 0 Å². The predicted molar refractivity (Wildman–Crippen MR) is 275 cm³/mol. The standard InChI is InChI=1S/C61H50N6/c1-3-19-43(20-4-2)49-27-17-29-51(41-49)59-64-55(45-23-11-6-12-24-45)62-57(66-59)47-31-35-53(36-32-47)61(39-15-8-16-40-61)54-37-33-48(34-38-54)58-63-56(46-25-13-7-14-26-46)65-60(67-58)52-30-18-28-50(42-52)44-21-9-5-10-22-44/h3-7,9-14,17-38,41-42H,1,8,15-16,39-40H2,2H3/b20-4-,43-19+. The monoisotopic (exact) mass is 866 g/mol. The van der Waals surface area contributed by atoms with E-state index < -0.39 is 0 Å². The zero-order valence-corrected chi connectivity index (χ0v) is 37.6. The van der Waals surface area contributed by atoms with Crippen molar-refractivity contribution in [2.45, 2.75) is 44.4 Å². The van der Waals surface area contributed by atoms with Gasteiger partial charge >= 0.3 is 0 Å². The van der Waals surface area contributed by atoms with Crippen molar-refractivity contribution in [2.24, 2.45) is 0 Å². The molecule has 0 saturated heterocycles. The highest BCUT2D eigenvalue weighted by Crippen LogP contribution is 2.46. The van der Waals surface area contributed by atoms with Crippen molar-refractivity contribution < 1.29 is 0 Å². The Balaban J connectivity index is 0.999. The molecule has 0 aliphatic heterocycles. The third-order valence-corrected chi connectivity index (χ3v) is 12.8. The van der Waals surface area contributed by atoms with Gasteiger partial charge in [-0.25, -0.2) is 29.9 Å². The summed E-state index contributed by atoms with van der Waals surface area (Å²) in [6.45, 7) is 5.95. The maximum Gasteiger partial charge on any atom is 0.164 e. The fourth-order valence-corrected chi connectivity index (χ4v) is 9.34. The van der Waals surface area contributed by atoms with Crippen LogP contribution in [0.15, 0.2) is 219 Å². The van der Waals surface area contributed by atoms with Crippen molar-refractivity contribution in [3.8, 4) is 79.5 Å². The highest BCUT2D eigenvalue weighted by molar-refractivity contribution is 5.78. The lowest BCUT2D eigenvalue weighted by atomic mass is 9.65. The smallest absolute Gasteiger partial charge is 0.164 e.